The van der Waals surface area contributed by atoms with E-state index in [9.17, 15) is 18.0 Å². The summed E-state index contributed by atoms with van der Waals surface area (Å²) in [4.78, 5) is 24.9. The number of Topliss-reactive ketones (excluding diaryl/α,β-unsaturated/α-hetero) is 1. The number of carbonyl (C=O) groups excluding carboxylic acids is 2. The molecule has 0 N–H and O–H groups in total. The van der Waals surface area contributed by atoms with Crippen molar-refractivity contribution in [2.24, 2.45) is 0 Å². The van der Waals surface area contributed by atoms with Gasteiger partial charge in [0.05, 0.1) is 10.6 Å². The first-order chi connectivity index (χ1) is 8.86. The first-order valence-electron chi connectivity index (χ1n) is 6.05. The Morgan fingerprint density at radius 3 is 2.63 bits per heavy atom. The molecule has 0 aromatic heterocycles. The molecule has 0 saturated heterocycles. The van der Waals surface area contributed by atoms with Crippen molar-refractivity contribution in [2.75, 3.05) is 17.2 Å². The molecule has 1 aromatic rings. The third-order valence-electron chi connectivity index (χ3n) is 3.05. The van der Waals surface area contributed by atoms with E-state index in [0.29, 0.717) is 17.8 Å². The fourth-order valence-electron chi connectivity index (χ4n) is 2.13. The number of fused-ring (bicyclic) bond motifs is 1. The van der Waals surface area contributed by atoms with Crippen molar-refractivity contribution in [3.05, 3.63) is 23.8 Å². The smallest absolute Gasteiger partial charge is 0.242 e. The van der Waals surface area contributed by atoms with Gasteiger partial charge < -0.3 is 4.90 Å². The Labute approximate surface area is 112 Å². The van der Waals surface area contributed by atoms with Gasteiger partial charge in [0.2, 0.25) is 5.91 Å². The number of amides is 1. The molecule has 6 heteroatoms. The summed E-state index contributed by atoms with van der Waals surface area (Å²) in [6.45, 7) is 3.76. The third-order valence-corrected chi connectivity index (χ3v) is 4.70. The van der Waals surface area contributed by atoms with Crippen LogP contribution < -0.4 is 4.90 Å². The van der Waals surface area contributed by atoms with Crippen LogP contribution in [0.25, 0.3) is 0 Å². The van der Waals surface area contributed by atoms with Crippen molar-refractivity contribution in [3.8, 4) is 0 Å². The number of benzene rings is 1. The molecule has 1 amide bonds. The van der Waals surface area contributed by atoms with Crippen LogP contribution in [0.5, 0.6) is 0 Å². The van der Waals surface area contributed by atoms with Crippen molar-refractivity contribution in [3.63, 3.8) is 0 Å². The molecule has 0 spiro atoms. The largest absolute Gasteiger partial charge is 0.310 e. The maximum Gasteiger partial charge on any atom is 0.242 e. The normalized spacial score (nSPS) is 17.2. The highest BCUT2D eigenvalue weighted by Crippen LogP contribution is 2.32. The summed E-state index contributed by atoms with van der Waals surface area (Å²) in [5.74, 6) is -1.09. The summed E-state index contributed by atoms with van der Waals surface area (Å²) in [6, 6.07) is 4.39. The van der Waals surface area contributed by atoms with E-state index in [-0.39, 0.29) is 10.7 Å². The van der Waals surface area contributed by atoms with Gasteiger partial charge in [-0.05, 0) is 31.5 Å². The second-order valence-corrected chi connectivity index (χ2v) is 6.50. The average Bonchev–Trinajstić information content (AvgIpc) is 2.33. The Morgan fingerprint density at radius 1 is 1.37 bits per heavy atom. The van der Waals surface area contributed by atoms with E-state index in [0.717, 1.165) is 6.42 Å². The molecular weight excluding hydrogens is 266 g/mol. The molecule has 102 valence electrons. The van der Waals surface area contributed by atoms with Crippen LogP contribution in [0.2, 0.25) is 0 Å². The van der Waals surface area contributed by atoms with Crippen molar-refractivity contribution >= 4 is 27.2 Å². The fourth-order valence-corrected chi connectivity index (χ4v) is 3.53. The highest BCUT2D eigenvalue weighted by molar-refractivity contribution is 7.92. The summed E-state index contributed by atoms with van der Waals surface area (Å²) < 4.78 is 24.0. The van der Waals surface area contributed by atoms with Crippen LogP contribution in [0.4, 0.5) is 5.69 Å². The van der Waals surface area contributed by atoms with Crippen molar-refractivity contribution in [2.45, 2.75) is 25.2 Å². The number of hydrogen-bond acceptors (Lipinski definition) is 4. The molecule has 0 radical (unpaired) electrons. The SMILES string of the molecule is CCCN1C(=O)CS(=O)(=O)c2ccc(C(C)=O)cc21. The number of nitrogens with zero attached hydrogens (tertiary/aromatic N) is 1. The van der Waals surface area contributed by atoms with Crippen molar-refractivity contribution in [1.82, 2.24) is 0 Å². The lowest BCUT2D eigenvalue weighted by Gasteiger charge is -2.29. The molecule has 0 fully saturated rings. The quantitative estimate of drug-likeness (QED) is 0.786. The molecule has 0 bridgehead atoms. The van der Waals surface area contributed by atoms with Crippen molar-refractivity contribution in [1.29, 1.82) is 0 Å². The first-order valence-corrected chi connectivity index (χ1v) is 7.70. The lowest BCUT2D eigenvalue weighted by atomic mass is 10.1. The molecule has 1 aliphatic heterocycles. The van der Waals surface area contributed by atoms with Gasteiger partial charge in [0.1, 0.15) is 5.75 Å². The predicted octanol–water partition coefficient (Wildman–Crippen LogP) is 1.42. The van der Waals surface area contributed by atoms with Gasteiger partial charge in [-0.3, -0.25) is 9.59 Å². The van der Waals surface area contributed by atoms with Gasteiger partial charge in [-0.2, -0.15) is 0 Å². The molecule has 2 rings (SSSR count). The molecule has 19 heavy (non-hydrogen) atoms. The zero-order valence-corrected chi connectivity index (χ0v) is 11.7. The molecule has 0 saturated carbocycles. The number of hydrogen-bond donors (Lipinski definition) is 0. The van der Waals surface area contributed by atoms with E-state index in [4.69, 9.17) is 0 Å². The van der Waals surface area contributed by atoms with E-state index < -0.39 is 21.5 Å². The van der Waals surface area contributed by atoms with Gasteiger partial charge in [-0.1, -0.05) is 6.92 Å². The van der Waals surface area contributed by atoms with Crippen LogP contribution in [0.3, 0.4) is 0 Å². The van der Waals surface area contributed by atoms with Crippen LogP contribution in [0, 0.1) is 0 Å². The summed E-state index contributed by atoms with van der Waals surface area (Å²) >= 11 is 0. The molecule has 0 unspecified atom stereocenters. The van der Waals surface area contributed by atoms with Gasteiger partial charge in [-0.25, -0.2) is 8.42 Å². The van der Waals surface area contributed by atoms with Gasteiger partial charge in [0, 0.05) is 12.1 Å². The Bertz CT molecular complexity index is 649. The molecule has 0 aliphatic carbocycles. The summed E-state index contributed by atoms with van der Waals surface area (Å²) in [5, 5.41) is 0. The average molecular weight is 281 g/mol. The molecular formula is C13H15NO4S. The second-order valence-electron chi connectivity index (χ2n) is 4.54. The van der Waals surface area contributed by atoms with Crippen LogP contribution in [0.1, 0.15) is 30.6 Å². The topological polar surface area (TPSA) is 71.5 Å². The van der Waals surface area contributed by atoms with E-state index in [1.807, 2.05) is 6.92 Å². The second kappa shape index (κ2) is 4.77. The van der Waals surface area contributed by atoms with E-state index >= 15 is 0 Å². The minimum atomic E-state index is -3.59. The Hall–Kier alpha value is -1.69. The molecule has 0 atom stereocenters. The Morgan fingerprint density at radius 2 is 2.05 bits per heavy atom. The lowest BCUT2D eigenvalue weighted by molar-refractivity contribution is -0.116. The predicted molar refractivity (Wildman–Crippen MR) is 71.1 cm³/mol. The molecule has 5 nitrogen and oxygen atoms in total. The Balaban J connectivity index is 2.66. The minimum Gasteiger partial charge on any atom is -0.310 e. The van der Waals surface area contributed by atoms with Crippen LogP contribution in [0.15, 0.2) is 23.1 Å². The van der Waals surface area contributed by atoms with E-state index in [1.165, 1.54) is 30.0 Å². The maximum absolute atomic E-state index is 12.0. The number of carbonyl (C=O) groups is 2. The molecule has 1 aromatic carbocycles. The zero-order chi connectivity index (χ0) is 14.2. The molecule has 1 aliphatic rings. The van der Waals surface area contributed by atoms with Gasteiger partial charge >= 0.3 is 0 Å². The summed E-state index contributed by atoms with van der Waals surface area (Å²) in [5.41, 5.74) is 0.732. The van der Waals surface area contributed by atoms with E-state index in [1.54, 1.807) is 0 Å². The highest BCUT2D eigenvalue weighted by Gasteiger charge is 2.34. The highest BCUT2D eigenvalue weighted by atomic mass is 32.2. The maximum atomic E-state index is 12.0. The number of rotatable bonds is 3. The third kappa shape index (κ3) is 2.40. The van der Waals surface area contributed by atoms with Crippen LogP contribution >= 0.6 is 0 Å². The van der Waals surface area contributed by atoms with Gasteiger partial charge in [0.15, 0.2) is 15.6 Å². The number of sulfone groups is 1. The number of anilines is 1. The fraction of sp³-hybridized carbons (Fsp3) is 0.385. The standard InChI is InChI=1S/C13H15NO4S/c1-3-6-14-11-7-10(9(2)15)4-5-12(11)19(17,18)8-13(14)16/h4-5,7H,3,6,8H2,1-2H3. The summed E-state index contributed by atoms with van der Waals surface area (Å²) in [7, 11) is -3.59. The van der Waals surface area contributed by atoms with Crippen LogP contribution in [-0.4, -0.2) is 32.4 Å². The van der Waals surface area contributed by atoms with Gasteiger partial charge in [0.25, 0.3) is 0 Å². The van der Waals surface area contributed by atoms with Gasteiger partial charge in [-0.15, -0.1) is 0 Å². The monoisotopic (exact) mass is 281 g/mol. The van der Waals surface area contributed by atoms with Crippen LogP contribution in [-0.2, 0) is 14.6 Å². The zero-order valence-electron chi connectivity index (χ0n) is 10.8. The Kier molecular flexibility index (Phi) is 3.45. The first kappa shape index (κ1) is 13.7. The minimum absolute atomic E-state index is 0.130. The molecule has 1 heterocycles. The summed E-state index contributed by atoms with van der Waals surface area (Å²) in [6.07, 6.45) is 0.718. The van der Waals surface area contributed by atoms with Crippen molar-refractivity contribution < 1.29 is 18.0 Å². The number of ketones is 1. The van der Waals surface area contributed by atoms with E-state index in [2.05, 4.69) is 0 Å². The lowest BCUT2D eigenvalue weighted by Crippen LogP contribution is -2.41.